The molecule has 3 rings (SSSR count). The molecule has 2 N–H and O–H groups in total. The number of benzene rings is 1. The predicted molar refractivity (Wildman–Crippen MR) is 82.1 cm³/mol. The first-order valence-corrected chi connectivity index (χ1v) is 8.22. The van der Waals surface area contributed by atoms with Gasteiger partial charge in [0.2, 0.25) is 0 Å². The monoisotopic (exact) mass is 331 g/mol. The lowest BCUT2D eigenvalue weighted by atomic mass is 10.1. The zero-order chi connectivity index (χ0) is 14.0. The molecule has 1 aliphatic rings. The standard InChI is InChI=1S/C13H17N3O3S.ClH/c17-20(18,15-9-10-5-3-4-8-14-10)13-16-11-6-1-2-7-12(11)19-13;/h1-2,6-7,10,14-15H,3-5,8-9H2;1H. The van der Waals surface area contributed by atoms with Gasteiger partial charge in [-0.05, 0) is 31.5 Å². The first kappa shape index (κ1) is 16.2. The van der Waals surface area contributed by atoms with Crippen molar-refractivity contribution < 1.29 is 12.8 Å². The van der Waals surface area contributed by atoms with Crippen LogP contribution in [0.3, 0.4) is 0 Å². The molecule has 1 aliphatic heterocycles. The van der Waals surface area contributed by atoms with Crippen molar-refractivity contribution in [3.63, 3.8) is 0 Å². The largest absolute Gasteiger partial charge is 0.427 e. The van der Waals surface area contributed by atoms with Gasteiger partial charge in [-0.3, -0.25) is 0 Å². The minimum absolute atomic E-state index is 0. The maximum atomic E-state index is 12.1. The topological polar surface area (TPSA) is 84.2 Å². The number of aromatic nitrogens is 1. The van der Waals surface area contributed by atoms with E-state index in [2.05, 4.69) is 15.0 Å². The van der Waals surface area contributed by atoms with Crippen LogP contribution in [-0.2, 0) is 10.0 Å². The summed E-state index contributed by atoms with van der Waals surface area (Å²) in [5, 5.41) is 3.02. The Morgan fingerprint density at radius 3 is 2.86 bits per heavy atom. The molecule has 1 fully saturated rings. The Hall–Kier alpha value is -1.15. The number of nitrogens with one attached hydrogen (secondary N) is 2. The number of halogens is 1. The van der Waals surface area contributed by atoms with Gasteiger partial charge in [-0.1, -0.05) is 18.6 Å². The van der Waals surface area contributed by atoms with Crippen molar-refractivity contribution in [3.05, 3.63) is 24.3 Å². The third-order valence-electron chi connectivity index (χ3n) is 3.44. The molecule has 0 aliphatic carbocycles. The Labute approximate surface area is 129 Å². The number of fused-ring (bicyclic) bond motifs is 1. The van der Waals surface area contributed by atoms with Gasteiger partial charge < -0.3 is 9.73 Å². The van der Waals surface area contributed by atoms with Crippen LogP contribution in [0.4, 0.5) is 0 Å². The van der Waals surface area contributed by atoms with Gasteiger partial charge in [-0.25, -0.2) is 13.1 Å². The van der Waals surface area contributed by atoms with E-state index in [1.54, 1.807) is 24.3 Å². The van der Waals surface area contributed by atoms with E-state index in [0.29, 0.717) is 17.6 Å². The second-order valence-corrected chi connectivity index (χ2v) is 6.59. The number of hydrogen-bond donors (Lipinski definition) is 2. The molecular formula is C13H18ClN3O3S. The summed E-state index contributed by atoms with van der Waals surface area (Å²) in [7, 11) is -3.69. The SMILES string of the molecule is Cl.O=S(=O)(NCC1CCCCN1)c1nc2ccccc2o1. The Morgan fingerprint density at radius 1 is 1.33 bits per heavy atom. The molecule has 1 aromatic heterocycles. The van der Waals surface area contributed by atoms with E-state index in [-0.39, 0.29) is 23.7 Å². The normalized spacial score (nSPS) is 19.3. The van der Waals surface area contributed by atoms with Crippen LogP contribution in [0.5, 0.6) is 0 Å². The van der Waals surface area contributed by atoms with Crippen molar-refractivity contribution in [2.75, 3.05) is 13.1 Å². The average molecular weight is 332 g/mol. The van der Waals surface area contributed by atoms with Crippen LogP contribution in [0.2, 0.25) is 0 Å². The number of sulfonamides is 1. The highest BCUT2D eigenvalue weighted by Crippen LogP contribution is 2.18. The number of rotatable bonds is 4. The molecule has 116 valence electrons. The quantitative estimate of drug-likeness (QED) is 0.890. The maximum absolute atomic E-state index is 12.1. The van der Waals surface area contributed by atoms with Gasteiger partial charge in [0.1, 0.15) is 5.52 Å². The summed E-state index contributed by atoms with van der Waals surface area (Å²) in [6.07, 6.45) is 3.26. The Bertz CT molecular complexity index is 663. The summed E-state index contributed by atoms with van der Waals surface area (Å²) in [5.41, 5.74) is 1.02. The summed E-state index contributed by atoms with van der Waals surface area (Å²) < 4.78 is 32.1. The van der Waals surface area contributed by atoms with Gasteiger partial charge >= 0.3 is 5.22 Å². The molecule has 2 heterocycles. The van der Waals surface area contributed by atoms with Crippen molar-refractivity contribution in [1.29, 1.82) is 0 Å². The van der Waals surface area contributed by atoms with Crippen molar-refractivity contribution in [2.45, 2.75) is 30.5 Å². The molecule has 1 aromatic carbocycles. The Balaban J connectivity index is 0.00000161. The van der Waals surface area contributed by atoms with Crippen LogP contribution in [0.25, 0.3) is 11.1 Å². The summed E-state index contributed by atoms with van der Waals surface area (Å²) in [5.74, 6) is 0. The molecule has 1 atom stereocenters. The number of nitrogens with zero attached hydrogens (tertiary/aromatic N) is 1. The summed E-state index contributed by atoms with van der Waals surface area (Å²) in [6, 6.07) is 7.18. The number of piperidine rings is 1. The summed E-state index contributed by atoms with van der Waals surface area (Å²) in [6.45, 7) is 1.30. The minimum atomic E-state index is -3.69. The van der Waals surface area contributed by atoms with E-state index in [4.69, 9.17) is 4.42 Å². The van der Waals surface area contributed by atoms with Gasteiger partial charge in [-0.2, -0.15) is 4.98 Å². The average Bonchev–Trinajstić information content (AvgIpc) is 2.91. The maximum Gasteiger partial charge on any atom is 0.331 e. The fraction of sp³-hybridized carbons (Fsp3) is 0.462. The molecule has 0 radical (unpaired) electrons. The molecule has 2 aromatic rings. The lowest BCUT2D eigenvalue weighted by molar-refractivity contribution is 0.394. The van der Waals surface area contributed by atoms with Crippen molar-refractivity contribution in [1.82, 2.24) is 15.0 Å². The Morgan fingerprint density at radius 2 is 2.14 bits per heavy atom. The zero-order valence-electron chi connectivity index (χ0n) is 11.4. The highest BCUT2D eigenvalue weighted by Gasteiger charge is 2.23. The highest BCUT2D eigenvalue weighted by atomic mass is 35.5. The van der Waals surface area contributed by atoms with Gasteiger partial charge in [0, 0.05) is 12.6 Å². The van der Waals surface area contributed by atoms with Crippen LogP contribution in [-0.4, -0.2) is 32.5 Å². The zero-order valence-corrected chi connectivity index (χ0v) is 13.0. The lowest BCUT2D eigenvalue weighted by Crippen LogP contribution is -2.43. The van der Waals surface area contributed by atoms with Crippen LogP contribution >= 0.6 is 12.4 Å². The molecule has 6 nitrogen and oxygen atoms in total. The molecule has 1 saturated heterocycles. The van der Waals surface area contributed by atoms with Gasteiger partial charge in [-0.15, -0.1) is 12.4 Å². The van der Waals surface area contributed by atoms with Crippen LogP contribution in [0, 0.1) is 0 Å². The minimum Gasteiger partial charge on any atom is -0.427 e. The lowest BCUT2D eigenvalue weighted by Gasteiger charge is -2.23. The molecule has 0 bridgehead atoms. The van der Waals surface area contributed by atoms with E-state index in [1.165, 1.54) is 0 Å². The van der Waals surface area contributed by atoms with Gasteiger partial charge in [0.15, 0.2) is 5.58 Å². The molecule has 0 amide bonds. The second-order valence-electron chi connectivity index (χ2n) is 4.95. The molecule has 0 saturated carbocycles. The number of oxazole rings is 1. The van der Waals surface area contributed by atoms with Gasteiger partial charge in [0.25, 0.3) is 10.0 Å². The highest BCUT2D eigenvalue weighted by molar-refractivity contribution is 7.89. The smallest absolute Gasteiger partial charge is 0.331 e. The Kier molecular flexibility index (Phi) is 5.21. The first-order valence-electron chi connectivity index (χ1n) is 6.74. The van der Waals surface area contributed by atoms with E-state index in [1.807, 2.05) is 0 Å². The molecule has 1 unspecified atom stereocenters. The molecular weight excluding hydrogens is 314 g/mol. The fourth-order valence-electron chi connectivity index (χ4n) is 2.34. The van der Waals surface area contributed by atoms with E-state index in [9.17, 15) is 8.42 Å². The third kappa shape index (κ3) is 3.74. The number of para-hydroxylation sites is 2. The van der Waals surface area contributed by atoms with E-state index >= 15 is 0 Å². The first-order chi connectivity index (χ1) is 9.65. The van der Waals surface area contributed by atoms with E-state index in [0.717, 1.165) is 25.8 Å². The number of hydrogen-bond acceptors (Lipinski definition) is 5. The molecule has 0 spiro atoms. The second kappa shape index (κ2) is 6.74. The predicted octanol–water partition coefficient (Wildman–Crippen LogP) is 1.67. The van der Waals surface area contributed by atoms with Crippen molar-refractivity contribution in [3.8, 4) is 0 Å². The van der Waals surface area contributed by atoms with Crippen LogP contribution in [0.1, 0.15) is 19.3 Å². The fourth-order valence-corrected chi connectivity index (χ4v) is 3.30. The summed E-state index contributed by atoms with van der Waals surface area (Å²) in [4.78, 5) is 4.01. The molecule has 8 heteroatoms. The van der Waals surface area contributed by atoms with E-state index < -0.39 is 10.0 Å². The summed E-state index contributed by atoms with van der Waals surface area (Å²) >= 11 is 0. The van der Waals surface area contributed by atoms with Crippen LogP contribution in [0.15, 0.2) is 33.9 Å². The van der Waals surface area contributed by atoms with Gasteiger partial charge in [0.05, 0.1) is 0 Å². The molecule has 21 heavy (non-hydrogen) atoms. The van der Waals surface area contributed by atoms with Crippen molar-refractivity contribution >= 4 is 33.5 Å². The van der Waals surface area contributed by atoms with Crippen LogP contribution < -0.4 is 10.0 Å². The third-order valence-corrected chi connectivity index (χ3v) is 4.62. The van der Waals surface area contributed by atoms with Crippen molar-refractivity contribution in [2.24, 2.45) is 0 Å².